The van der Waals surface area contributed by atoms with Crippen molar-refractivity contribution in [3.05, 3.63) is 95.1 Å². The van der Waals surface area contributed by atoms with Crippen LogP contribution in [0.4, 0.5) is 0 Å². The molecular formula is C30H36N2O4. The lowest BCUT2D eigenvalue weighted by atomic mass is 9.98. The molecule has 6 nitrogen and oxygen atoms in total. The Balaban J connectivity index is 1.41. The van der Waals surface area contributed by atoms with E-state index in [0.717, 1.165) is 65.7 Å². The van der Waals surface area contributed by atoms with Gasteiger partial charge in [-0.25, -0.2) is 0 Å². The third kappa shape index (κ3) is 5.70. The SMILES string of the molecule is NCc1cccc(-c2cccc([C@H]3O[C@@H](CN4CCC[C@H]4CO)C[C@@H](c4ccc(CO)cc4)O3)c2)c1. The van der Waals surface area contributed by atoms with Gasteiger partial charge in [-0.2, -0.15) is 0 Å². The molecule has 2 aliphatic rings. The van der Waals surface area contributed by atoms with Crippen molar-refractivity contribution in [3.8, 4) is 11.1 Å². The molecule has 2 heterocycles. The number of aliphatic hydroxyl groups excluding tert-OH is 2. The van der Waals surface area contributed by atoms with Crippen molar-refractivity contribution < 1.29 is 19.7 Å². The molecule has 3 aromatic carbocycles. The predicted molar refractivity (Wildman–Crippen MR) is 140 cm³/mol. The van der Waals surface area contributed by atoms with Crippen LogP contribution in [0.5, 0.6) is 0 Å². The maximum atomic E-state index is 9.82. The zero-order valence-electron chi connectivity index (χ0n) is 20.6. The first-order valence-corrected chi connectivity index (χ1v) is 12.9. The largest absolute Gasteiger partial charge is 0.395 e. The van der Waals surface area contributed by atoms with Gasteiger partial charge in [-0.3, -0.25) is 4.90 Å². The fourth-order valence-electron chi connectivity index (χ4n) is 5.38. The van der Waals surface area contributed by atoms with Gasteiger partial charge < -0.3 is 25.4 Å². The van der Waals surface area contributed by atoms with Crippen molar-refractivity contribution in [1.82, 2.24) is 4.90 Å². The molecule has 36 heavy (non-hydrogen) atoms. The van der Waals surface area contributed by atoms with Crippen LogP contribution in [0, 0.1) is 0 Å². The molecule has 5 rings (SSSR count). The minimum absolute atomic E-state index is 0.0236. The Labute approximate surface area is 213 Å². The highest BCUT2D eigenvalue weighted by molar-refractivity contribution is 5.65. The van der Waals surface area contributed by atoms with E-state index in [1.54, 1.807) is 0 Å². The highest BCUT2D eigenvalue weighted by atomic mass is 16.7. The summed E-state index contributed by atoms with van der Waals surface area (Å²) in [6.07, 6.45) is 2.22. The molecule has 4 atom stereocenters. The lowest BCUT2D eigenvalue weighted by molar-refractivity contribution is -0.253. The second-order valence-electron chi connectivity index (χ2n) is 9.85. The van der Waals surface area contributed by atoms with Gasteiger partial charge in [0.15, 0.2) is 6.29 Å². The van der Waals surface area contributed by atoms with Gasteiger partial charge >= 0.3 is 0 Å². The molecule has 0 spiro atoms. The molecule has 2 fully saturated rings. The van der Waals surface area contributed by atoms with Crippen LogP contribution in [-0.4, -0.2) is 47.0 Å². The van der Waals surface area contributed by atoms with Crippen LogP contribution in [0.3, 0.4) is 0 Å². The number of hydrogen-bond donors (Lipinski definition) is 3. The zero-order valence-corrected chi connectivity index (χ0v) is 20.6. The second-order valence-corrected chi connectivity index (χ2v) is 9.85. The summed E-state index contributed by atoms with van der Waals surface area (Å²) >= 11 is 0. The highest BCUT2D eigenvalue weighted by Gasteiger charge is 2.35. The van der Waals surface area contributed by atoms with Gasteiger partial charge in [-0.15, -0.1) is 0 Å². The molecule has 0 bridgehead atoms. The number of rotatable bonds is 8. The van der Waals surface area contributed by atoms with Crippen LogP contribution >= 0.6 is 0 Å². The summed E-state index contributed by atoms with van der Waals surface area (Å²) in [6, 6.07) is 24.8. The van der Waals surface area contributed by atoms with Gasteiger partial charge in [0.05, 0.1) is 25.4 Å². The first-order chi connectivity index (χ1) is 17.7. The van der Waals surface area contributed by atoms with Crippen molar-refractivity contribution in [2.45, 2.75) is 57.0 Å². The van der Waals surface area contributed by atoms with Crippen LogP contribution in [0.1, 0.15) is 53.9 Å². The quantitative estimate of drug-likeness (QED) is 0.438. The lowest BCUT2D eigenvalue weighted by Crippen LogP contribution is -2.42. The predicted octanol–water partition coefficient (Wildman–Crippen LogP) is 4.31. The number of nitrogens with two attached hydrogens (primary N) is 1. The van der Waals surface area contributed by atoms with E-state index >= 15 is 0 Å². The molecular weight excluding hydrogens is 452 g/mol. The molecule has 4 N–H and O–H groups in total. The number of hydrogen-bond acceptors (Lipinski definition) is 6. The van der Waals surface area contributed by atoms with Gasteiger partial charge in [0, 0.05) is 31.1 Å². The minimum atomic E-state index is -0.501. The van der Waals surface area contributed by atoms with Gasteiger partial charge in [-0.1, -0.05) is 60.7 Å². The van der Waals surface area contributed by atoms with Crippen molar-refractivity contribution in [3.63, 3.8) is 0 Å². The summed E-state index contributed by atoms with van der Waals surface area (Å²) < 4.78 is 13.1. The summed E-state index contributed by atoms with van der Waals surface area (Å²) in [6.45, 7) is 2.47. The van der Waals surface area contributed by atoms with Crippen LogP contribution < -0.4 is 5.73 Å². The van der Waals surface area contributed by atoms with Crippen molar-refractivity contribution in [2.24, 2.45) is 5.73 Å². The Morgan fingerprint density at radius 3 is 2.39 bits per heavy atom. The van der Waals surface area contributed by atoms with E-state index in [4.69, 9.17) is 15.2 Å². The zero-order chi connectivity index (χ0) is 24.9. The Kier molecular flexibility index (Phi) is 8.12. The van der Waals surface area contributed by atoms with Crippen LogP contribution in [0.25, 0.3) is 11.1 Å². The Hall–Kier alpha value is -2.58. The van der Waals surface area contributed by atoms with E-state index in [1.807, 2.05) is 42.5 Å². The average molecular weight is 489 g/mol. The van der Waals surface area contributed by atoms with E-state index in [9.17, 15) is 10.2 Å². The molecule has 0 unspecified atom stereocenters. The van der Waals surface area contributed by atoms with Gasteiger partial charge in [0.2, 0.25) is 0 Å². The smallest absolute Gasteiger partial charge is 0.184 e. The van der Waals surface area contributed by atoms with Crippen molar-refractivity contribution in [1.29, 1.82) is 0 Å². The summed E-state index contributed by atoms with van der Waals surface area (Å²) in [5.41, 5.74) is 12.1. The maximum absolute atomic E-state index is 9.82. The third-order valence-corrected chi connectivity index (χ3v) is 7.42. The van der Waals surface area contributed by atoms with E-state index < -0.39 is 6.29 Å². The van der Waals surface area contributed by atoms with E-state index in [1.165, 1.54) is 0 Å². The molecule has 2 aliphatic heterocycles. The molecule has 190 valence electrons. The molecule has 0 aromatic heterocycles. The molecule has 3 aromatic rings. The number of aliphatic hydroxyl groups is 2. The van der Waals surface area contributed by atoms with Crippen molar-refractivity contribution in [2.75, 3.05) is 19.7 Å². The Morgan fingerprint density at radius 1 is 0.861 bits per heavy atom. The number of ether oxygens (including phenoxy) is 2. The first-order valence-electron chi connectivity index (χ1n) is 12.9. The highest BCUT2D eigenvalue weighted by Crippen LogP contribution is 2.39. The van der Waals surface area contributed by atoms with Crippen molar-refractivity contribution >= 4 is 0 Å². The lowest BCUT2D eigenvalue weighted by Gasteiger charge is -2.38. The summed E-state index contributed by atoms with van der Waals surface area (Å²) in [5, 5.41) is 19.3. The number of nitrogens with zero attached hydrogens (tertiary/aromatic N) is 1. The molecule has 6 heteroatoms. The van der Waals surface area contributed by atoms with Crippen LogP contribution in [0.2, 0.25) is 0 Å². The minimum Gasteiger partial charge on any atom is -0.395 e. The molecule has 0 radical (unpaired) electrons. The Morgan fingerprint density at radius 2 is 1.64 bits per heavy atom. The van der Waals surface area contributed by atoms with Gasteiger partial charge in [0.1, 0.15) is 0 Å². The summed E-state index contributed by atoms with van der Waals surface area (Å²) in [5.74, 6) is 0. The topological polar surface area (TPSA) is 88.2 Å². The molecule has 0 amide bonds. The normalized spacial score (nSPS) is 24.8. The fraction of sp³-hybridized carbons (Fsp3) is 0.400. The molecule has 0 aliphatic carbocycles. The number of likely N-dealkylation sites (tertiary alicyclic amines) is 1. The monoisotopic (exact) mass is 488 g/mol. The van der Waals surface area contributed by atoms with Crippen LogP contribution in [0.15, 0.2) is 72.8 Å². The van der Waals surface area contributed by atoms with E-state index in [-0.39, 0.29) is 31.5 Å². The van der Waals surface area contributed by atoms with Gasteiger partial charge in [0.25, 0.3) is 0 Å². The first kappa shape index (κ1) is 25.1. The maximum Gasteiger partial charge on any atom is 0.184 e. The summed E-state index contributed by atoms with van der Waals surface area (Å²) in [4.78, 5) is 2.35. The summed E-state index contributed by atoms with van der Waals surface area (Å²) in [7, 11) is 0. The van der Waals surface area contributed by atoms with E-state index in [0.29, 0.717) is 6.54 Å². The fourth-order valence-corrected chi connectivity index (χ4v) is 5.38. The third-order valence-electron chi connectivity index (χ3n) is 7.42. The average Bonchev–Trinajstić information content (AvgIpc) is 3.40. The second kappa shape index (κ2) is 11.6. The van der Waals surface area contributed by atoms with E-state index in [2.05, 4.69) is 35.2 Å². The van der Waals surface area contributed by atoms with Crippen LogP contribution in [-0.2, 0) is 22.6 Å². The molecule has 0 saturated carbocycles. The van der Waals surface area contributed by atoms with Gasteiger partial charge in [-0.05, 0) is 59.3 Å². The number of benzene rings is 3. The Bertz CT molecular complexity index is 1140. The standard InChI is InChI=1S/C30H36N2O4/c31-17-22-4-1-5-24(14-22)25-6-2-7-26(15-25)30-35-28(18-32-13-3-8-27(32)20-34)16-29(36-30)23-11-9-21(19-33)10-12-23/h1-2,4-7,9-12,14-15,27-30,33-34H,3,8,13,16-20,31H2/t27-,28+,29-,30-/m0/s1. The molecule has 2 saturated heterocycles.